The van der Waals surface area contributed by atoms with Crippen molar-refractivity contribution in [2.45, 2.75) is 64.8 Å². The lowest BCUT2D eigenvalue weighted by Crippen LogP contribution is -2.27. The molecule has 3 rings (SSSR count). The smallest absolute Gasteiger partial charge is 0.131 e. The molecule has 2 N–H and O–H groups in total. The minimum absolute atomic E-state index is 0.197. The van der Waals surface area contributed by atoms with E-state index in [0.717, 1.165) is 74.8 Å². The molecule has 0 amide bonds. The van der Waals surface area contributed by atoms with E-state index in [1.807, 2.05) is 19.1 Å². The topological polar surface area (TPSA) is 29.3 Å². The summed E-state index contributed by atoms with van der Waals surface area (Å²) in [4.78, 5) is 2.46. The number of hydrogen-bond acceptors (Lipinski definition) is 3. The average Bonchev–Trinajstić information content (AvgIpc) is 3.65. The highest BCUT2D eigenvalue weighted by Gasteiger charge is 2.30. The first-order chi connectivity index (χ1) is 16.5. The van der Waals surface area contributed by atoms with Gasteiger partial charge in [0.2, 0.25) is 0 Å². The maximum atomic E-state index is 14.9. The number of halogens is 2. The Bertz CT molecular complexity index is 1010. The third-order valence-electron chi connectivity index (χ3n) is 6.52. The fourth-order valence-corrected chi connectivity index (χ4v) is 4.87. The van der Waals surface area contributed by atoms with Crippen molar-refractivity contribution < 1.29 is 4.39 Å². The lowest BCUT2D eigenvalue weighted by atomic mass is 9.90. The van der Waals surface area contributed by atoms with Crippen molar-refractivity contribution in [2.75, 3.05) is 19.6 Å². The molecule has 184 valence electrons. The van der Waals surface area contributed by atoms with Crippen LogP contribution in [0.5, 0.6) is 0 Å². The van der Waals surface area contributed by atoms with Crippen molar-refractivity contribution in [2.24, 2.45) is 5.73 Å². The van der Waals surface area contributed by atoms with E-state index in [1.165, 1.54) is 11.1 Å². The van der Waals surface area contributed by atoms with Gasteiger partial charge in [0, 0.05) is 24.2 Å². The Morgan fingerprint density at radius 3 is 2.50 bits per heavy atom. The van der Waals surface area contributed by atoms with Crippen LogP contribution in [0.25, 0.3) is 11.1 Å². The lowest BCUT2D eigenvalue weighted by Gasteiger charge is -2.25. The number of unbranched alkanes of at least 4 members (excludes halogenated alkanes) is 1. The Kier molecular flexibility index (Phi) is 10.7. The van der Waals surface area contributed by atoms with Crippen LogP contribution in [-0.2, 0) is 6.54 Å². The number of benzene rings is 2. The zero-order valence-electron chi connectivity index (χ0n) is 20.5. The van der Waals surface area contributed by atoms with E-state index in [2.05, 4.69) is 48.7 Å². The summed E-state index contributed by atoms with van der Waals surface area (Å²) in [6, 6.07) is 7.74. The van der Waals surface area contributed by atoms with Crippen LogP contribution in [0.3, 0.4) is 0 Å². The molecule has 0 bridgehead atoms. The van der Waals surface area contributed by atoms with Crippen LogP contribution in [0.2, 0.25) is 5.02 Å². The number of allylic oxidation sites excluding steroid dienone is 2. The standard InChI is InChI=1S/C29H38ClFN2S/c1-21-10-13-25(27(31)18-21)28-26(23-11-12-23)19-24(22(2)29(28)30)20-33(16-9-14-32)15-7-5-3-4-6-8-17-34/h3,5,8,10,13,17-19,23,34H,4,6-7,9,11-12,14-16,20,32H2,1-2H3/b5-3-,17-8+. The van der Waals surface area contributed by atoms with Crippen LogP contribution in [0.15, 0.2) is 47.9 Å². The minimum Gasteiger partial charge on any atom is -0.330 e. The molecule has 2 aromatic carbocycles. The highest BCUT2D eigenvalue weighted by molar-refractivity contribution is 7.83. The van der Waals surface area contributed by atoms with Gasteiger partial charge in [-0.2, -0.15) is 12.6 Å². The van der Waals surface area contributed by atoms with Crippen LogP contribution >= 0.6 is 24.2 Å². The van der Waals surface area contributed by atoms with E-state index in [1.54, 1.807) is 11.5 Å². The van der Waals surface area contributed by atoms with Gasteiger partial charge in [0.25, 0.3) is 0 Å². The SMILES string of the molecule is Cc1ccc(-c2c(C3CC3)cc(CN(CC/C=C\CC/C=C/S)CCCN)c(C)c2Cl)c(F)c1. The third-order valence-corrected chi connectivity index (χ3v) is 7.20. The van der Waals surface area contributed by atoms with Gasteiger partial charge in [0.05, 0.1) is 5.02 Å². The predicted octanol–water partition coefficient (Wildman–Crippen LogP) is 7.96. The molecule has 34 heavy (non-hydrogen) atoms. The van der Waals surface area contributed by atoms with Gasteiger partial charge in [-0.25, -0.2) is 4.39 Å². The van der Waals surface area contributed by atoms with E-state index in [4.69, 9.17) is 17.3 Å². The number of rotatable bonds is 13. The number of nitrogens with zero attached hydrogens (tertiary/aromatic N) is 1. The summed E-state index contributed by atoms with van der Waals surface area (Å²) in [6.45, 7) is 7.42. The molecule has 1 aliphatic carbocycles. The first-order valence-corrected chi connectivity index (χ1v) is 13.3. The largest absolute Gasteiger partial charge is 0.330 e. The van der Waals surface area contributed by atoms with Crippen LogP contribution in [0.1, 0.15) is 66.7 Å². The molecular formula is C29H38ClFN2S. The van der Waals surface area contributed by atoms with E-state index < -0.39 is 0 Å². The fourth-order valence-electron chi connectivity index (χ4n) is 4.39. The molecule has 0 saturated heterocycles. The van der Waals surface area contributed by atoms with Gasteiger partial charge >= 0.3 is 0 Å². The monoisotopic (exact) mass is 500 g/mol. The van der Waals surface area contributed by atoms with Crippen molar-refractivity contribution in [1.29, 1.82) is 0 Å². The summed E-state index contributed by atoms with van der Waals surface area (Å²) in [7, 11) is 0. The van der Waals surface area contributed by atoms with Gasteiger partial charge in [0.15, 0.2) is 0 Å². The van der Waals surface area contributed by atoms with Crippen molar-refractivity contribution in [3.63, 3.8) is 0 Å². The zero-order chi connectivity index (χ0) is 24.5. The van der Waals surface area contributed by atoms with Gasteiger partial charge in [-0.3, -0.25) is 4.90 Å². The molecule has 0 aromatic heterocycles. The first kappa shape index (κ1) is 27.0. The van der Waals surface area contributed by atoms with Crippen molar-refractivity contribution in [3.8, 4) is 11.1 Å². The molecule has 2 nitrogen and oxygen atoms in total. The second kappa shape index (κ2) is 13.5. The summed E-state index contributed by atoms with van der Waals surface area (Å²) >= 11 is 11.1. The Morgan fingerprint density at radius 2 is 1.82 bits per heavy atom. The van der Waals surface area contributed by atoms with Crippen LogP contribution in [0, 0.1) is 19.7 Å². The molecule has 0 spiro atoms. The molecule has 1 aliphatic rings. The van der Waals surface area contributed by atoms with E-state index in [9.17, 15) is 4.39 Å². The Hall–Kier alpha value is -1.59. The van der Waals surface area contributed by atoms with E-state index >= 15 is 0 Å². The molecule has 0 atom stereocenters. The quantitative estimate of drug-likeness (QED) is 0.166. The number of thiol groups is 1. The Morgan fingerprint density at radius 1 is 1.09 bits per heavy atom. The first-order valence-electron chi connectivity index (χ1n) is 12.4. The molecule has 0 heterocycles. The zero-order valence-corrected chi connectivity index (χ0v) is 22.1. The van der Waals surface area contributed by atoms with Crippen LogP contribution in [-0.4, -0.2) is 24.5 Å². The van der Waals surface area contributed by atoms with Crippen molar-refractivity contribution in [3.05, 3.63) is 81.0 Å². The van der Waals surface area contributed by atoms with Crippen LogP contribution in [0.4, 0.5) is 4.39 Å². The van der Waals surface area contributed by atoms with Gasteiger partial charge in [-0.1, -0.05) is 48.0 Å². The minimum atomic E-state index is -0.197. The molecule has 0 radical (unpaired) electrons. The van der Waals surface area contributed by atoms with Gasteiger partial charge in [-0.15, -0.1) is 0 Å². The molecular weight excluding hydrogens is 463 g/mol. The summed E-state index contributed by atoms with van der Waals surface area (Å²) in [5.74, 6) is 0.274. The van der Waals surface area contributed by atoms with Crippen LogP contribution < -0.4 is 5.73 Å². The summed E-state index contributed by atoms with van der Waals surface area (Å²) in [6.07, 6.45) is 12.9. The second-order valence-corrected chi connectivity index (χ2v) is 10.0. The second-order valence-electron chi connectivity index (χ2n) is 9.34. The number of hydrogen-bond donors (Lipinski definition) is 2. The van der Waals surface area contributed by atoms with E-state index in [0.29, 0.717) is 23.0 Å². The molecule has 0 aliphatic heterocycles. The maximum absolute atomic E-state index is 14.9. The van der Waals surface area contributed by atoms with Crippen molar-refractivity contribution in [1.82, 2.24) is 4.90 Å². The highest BCUT2D eigenvalue weighted by Crippen LogP contribution is 2.48. The average molecular weight is 501 g/mol. The van der Waals surface area contributed by atoms with E-state index in [-0.39, 0.29) is 5.82 Å². The summed E-state index contributed by atoms with van der Waals surface area (Å²) in [5, 5.41) is 2.49. The fraction of sp³-hybridized carbons (Fsp3) is 0.448. The third kappa shape index (κ3) is 7.45. The van der Waals surface area contributed by atoms with Gasteiger partial charge < -0.3 is 5.73 Å². The Balaban J connectivity index is 1.83. The summed E-state index contributed by atoms with van der Waals surface area (Å²) < 4.78 is 14.9. The molecule has 1 saturated carbocycles. The number of nitrogens with two attached hydrogens (primary N) is 1. The molecule has 1 fully saturated rings. The van der Waals surface area contributed by atoms with Gasteiger partial charge in [-0.05, 0) is 105 Å². The normalized spacial score (nSPS) is 14.2. The predicted molar refractivity (Wildman–Crippen MR) is 148 cm³/mol. The molecule has 5 heteroatoms. The maximum Gasteiger partial charge on any atom is 0.131 e. The van der Waals surface area contributed by atoms with Gasteiger partial charge in [0.1, 0.15) is 5.82 Å². The molecule has 2 aromatic rings. The lowest BCUT2D eigenvalue weighted by molar-refractivity contribution is 0.268. The Labute approximate surface area is 215 Å². The number of aryl methyl sites for hydroxylation is 1. The summed E-state index contributed by atoms with van der Waals surface area (Å²) in [5.41, 5.74) is 11.7. The van der Waals surface area contributed by atoms with Crippen molar-refractivity contribution >= 4 is 24.2 Å². The molecule has 0 unspecified atom stereocenters. The highest BCUT2D eigenvalue weighted by atomic mass is 35.5.